The first kappa shape index (κ1) is 11.1. The number of hydrogen-bond acceptors (Lipinski definition) is 2. The fraction of sp³-hybridized carbons (Fsp3) is 0.0769. The van der Waals surface area contributed by atoms with Gasteiger partial charge >= 0.3 is 0 Å². The molecule has 2 aromatic carbocycles. The van der Waals surface area contributed by atoms with Crippen LogP contribution in [-0.4, -0.2) is 17.1 Å². The van der Waals surface area contributed by atoms with E-state index in [0.29, 0.717) is 0 Å². The van der Waals surface area contributed by atoms with Gasteiger partial charge in [-0.15, -0.1) is 0 Å². The molecule has 0 aliphatic carbocycles. The average molecular weight is 276 g/mol. The average Bonchev–Trinajstić information content (AvgIpc) is 2.27. The molecule has 2 radical (unpaired) electrons. The molecule has 0 fully saturated rings. The Balaban J connectivity index is 0.000000963. The summed E-state index contributed by atoms with van der Waals surface area (Å²) in [7, 11) is 0. The topological polar surface area (TPSA) is 21.3 Å². The molecule has 0 unspecified atom stereocenters. The van der Waals surface area contributed by atoms with E-state index in [1.165, 1.54) is 5.56 Å². The van der Waals surface area contributed by atoms with E-state index in [-0.39, 0.29) is 17.1 Å². The van der Waals surface area contributed by atoms with Crippen molar-refractivity contribution in [1.82, 2.24) is 0 Å². The molecule has 2 nitrogen and oxygen atoms in total. The summed E-state index contributed by atoms with van der Waals surface area (Å²) in [4.78, 5) is 0. The molecule has 3 heteroatoms. The van der Waals surface area contributed by atoms with Crippen LogP contribution in [0.4, 0.5) is 11.4 Å². The number of ether oxygens (including phenoxy) is 1. The van der Waals surface area contributed by atoms with Crippen LogP contribution in [0.5, 0.6) is 11.5 Å². The first-order valence-corrected chi connectivity index (χ1v) is 4.98. The van der Waals surface area contributed by atoms with Crippen LogP contribution < -0.4 is 10.1 Å². The number of benzene rings is 2. The van der Waals surface area contributed by atoms with E-state index in [0.717, 1.165) is 22.9 Å². The zero-order chi connectivity index (χ0) is 10.3. The van der Waals surface area contributed by atoms with E-state index in [2.05, 4.69) is 18.3 Å². The summed E-state index contributed by atoms with van der Waals surface area (Å²) in [5.74, 6) is 1.78. The molecule has 0 aromatic heterocycles. The number of nitrogens with one attached hydrogen (secondary N) is 1. The summed E-state index contributed by atoms with van der Waals surface area (Å²) >= 11 is 0. The van der Waals surface area contributed by atoms with E-state index >= 15 is 0 Å². The molecular formula is C13H11NOSe. The minimum atomic E-state index is 0. The van der Waals surface area contributed by atoms with E-state index < -0.39 is 0 Å². The predicted octanol–water partition coefficient (Wildman–Crippen LogP) is 3.46. The second-order valence-corrected chi connectivity index (χ2v) is 3.67. The Bertz CT molecular complexity index is 525. The summed E-state index contributed by atoms with van der Waals surface area (Å²) in [6, 6.07) is 14.0. The van der Waals surface area contributed by atoms with Gasteiger partial charge in [0.1, 0.15) is 0 Å². The minimum absolute atomic E-state index is 0. The summed E-state index contributed by atoms with van der Waals surface area (Å²) in [5, 5.41) is 3.38. The number of aryl methyl sites for hydroxylation is 1. The third-order valence-electron chi connectivity index (χ3n) is 2.60. The van der Waals surface area contributed by atoms with Crippen LogP contribution in [0.2, 0.25) is 0 Å². The SMILES string of the molecule is Cc1cccc2c1Nc1ccccc1O2.[Se]. The van der Waals surface area contributed by atoms with Gasteiger partial charge in [0.05, 0.1) is 11.4 Å². The maximum Gasteiger partial charge on any atom is 0.151 e. The van der Waals surface area contributed by atoms with Crippen molar-refractivity contribution in [3.63, 3.8) is 0 Å². The van der Waals surface area contributed by atoms with Crippen LogP contribution >= 0.6 is 0 Å². The quantitative estimate of drug-likeness (QED) is 0.635. The van der Waals surface area contributed by atoms with E-state index in [1.807, 2.05) is 36.4 Å². The molecular weight excluding hydrogens is 265 g/mol. The molecule has 1 heterocycles. The van der Waals surface area contributed by atoms with Gasteiger partial charge in [-0.2, -0.15) is 0 Å². The molecule has 1 N–H and O–H groups in total. The van der Waals surface area contributed by atoms with Gasteiger partial charge in [0.15, 0.2) is 11.5 Å². The fourth-order valence-corrected chi connectivity index (χ4v) is 1.80. The predicted molar refractivity (Wildman–Crippen MR) is 66.7 cm³/mol. The number of anilines is 2. The standard InChI is InChI=1S/C13H11NO.Se/c1-9-5-4-8-12-13(9)14-10-6-2-3-7-11(10)15-12;/h2-8,14H,1H3;. The van der Waals surface area contributed by atoms with Crippen LogP contribution in [0.25, 0.3) is 0 Å². The smallest absolute Gasteiger partial charge is 0.151 e. The van der Waals surface area contributed by atoms with Crippen molar-refractivity contribution in [2.45, 2.75) is 6.92 Å². The molecule has 3 rings (SSSR count). The van der Waals surface area contributed by atoms with Crippen molar-refractivity contribution in [1.29, 1.82) is 0 Å². The summed E-state index contributed by atoms with van der Waals surface area (Å²) in [5.41, 5.74) is 3.29. The Morgan fingerprint density at radius 1 is 0.938 bits per heavy atom. The Labute approximate surface area is 105 Å². The van der Waals surface area contributed by atoms with Gasteiger partial charge in [0, 0.05) is 17.1 Å². The molecule has 0 bridgehead atoms. The maximum atomic E-state index is 5.80. The van der Waals surface area contributed by atoms with Crippen molar-refractivity contribution in [2.75, 3.05) is 5.32 Å². The Morgan fingerprint density at radius 2 is 1.69 bits per heavy atom. The Morgan fingerprint density at radius 3 is 2.56 bits per heavy atom. The van der Waals surface area contributed by atoms with Crippen molar-refractivity contribution >= 4 is 28.4 Å². The third-order valence-corrected chi connectivity index (χ3v) is 2.60. The summed E-state index contributed by atoms with van der Waals surface area (Å²) < 4.78 is 5.80. The molecule has 1 aliphatic rings. The van der Waals surface area contributed by atoms with E-state index in [1.54, 1.807) is 0 Å². The number of rotatable bonds is 0. The van der Waals surface area contributed by atoms with Crippen molar-refractivity contribution < 1.29 is 4.74 Å². The van der Waals surface area contributed by atoms with Crippen LogP contribution in [0.1, 0.15) is 5.56 Å². The molecule has 0 spiro atoms. The second kappa shape index (κ2) is 4.20. The van der Waals surface area contributed by atoms with Crippen molar-refractivity contribution in [2.24, 2.45) is 0 Å². The third kappa shape index (κ3) is 1.68. The van der Waals surface area contributed by atoms with Gasteiger partial charge in [-0.1, -0.05) is 24.3 Å². The van der Waals surface area contributed by atoms with Crippen molar-refractivity contribution in [3.8, 4) is 11.5 Å². The first-order valence-electron chi connectivity index (χ1n) is 4.98. The van der Waals surface area contributed by atoms with Crippen LogP contribution in [-0.2, 0) is 0 Å². The Kier molecular flexibility index (Phi) is 2.90. The van der Waals surface area contributed by atoms with E-state index in [4.69, 9.17) is 4.74 Å². The molecule has 0 saturated heterocycles. The van der Waals surface area contributed by atoms with E-state index in [9.17, 15) is 0 Å². The maximum absolute atomic E-state index is 5.80. The largest absolute Gasteiger partial charge is 0.453 e. The van der Waals surface area contributed by atoms with Gasteiger partial charge in [-0.25, -0.2) is 0 Å². The number of para-hydroxylation sites is 3. The summed E-state index contributed by atoms with van der Waals surface area (Å²) in [6.07, 6.45) is 0. The Hall–Kier alpha value is -1.44. The van der Waals surface area contributed by atoms with Gasteiger partial charge in [-0.05, 0) is 30.7 Å². The molecule has 80 valence electrons. The van der Waals surface area contributed by atoms with Gasteiger partial charge in [0.25, 0.3) is 0 Å². The van der Waals surface area contributed by atoms with Crippen LogP contribution in [0.3, 0.4) is 0 Å². The minimum Gasteiger partial charge on any atom is -0.453 e. The zero-order valence-corrected chi connectivity index (χ0v) is 10.6. The van der Waals surface area contributed by atoms with Crippen LogP contribution in [0.15, 0.2) is 42.5 Å². The molecule has 0 saturated carbocycles. The van der Waals surface area contributed by atoms with Gasteiger partial charge in [0.2, 0.25) is 0 Å². The molecule has 0 atom stereocenters. The van der Waals surface area contributed by atoms with Crippen molar-refractivity contribution in [3.05, 3.63) is 48.0 Å². The molecule has 2 aromatic rings. The monoisotopic (exact) mass is 277 g/mol. The first-order chi connectivity index (χ1) is 7.34. The molecule has 1 aliphatic heterocycles. The molecule has 16 heavy (non-hydrogen) atoms. The number of fused-ring (bicyclic) bond motifs is 2. The zero-order valence-electron chi connectivity index (χ0n) is 8.86. The number of hydrogen-bond donors (Lipinski definition) is 1. The summed E-state index contributed by atoms with van der Waals surface area (Å²) in [6.45, 7) is 2.07. The normalized spacial score (nSPS) is 11.3. The fourth-order valence-electron chi connectivity index (χ4n) is 1.80. The van der Waals surface area contributed by atoms with Gasteiger partial charge in [-0.3, -0.25) is 0 Å². The second-order valence-electron chi connectivity index (χ2n) is 3.67. The van der Waals surface area contributed by atoms with Gasteiger partial charge < -0.3 is 10.1 Å². The van der Waals surface area contributed by atoms with Crippen LogP contribution in [0, 0.1) is 6.92 Å². The molecule has 0 amide bonds.